The fraction of sp³-hybridized carbons (Fsp3) is 0.769. The summed E-state index contributed by atoms with van der Waals surface area (Å²) in [6.07, 6.45) is 0. The molecule has 0 atom stereocenters. The van der Waals surface area contributed by atoms with Gasteiger partial charge in [-0.1, -0.05) is 6.58 Å². The molecule has 2 radical (unpaired) electrons. The van der Waals surface area contributed by atoms with E-state index in [0.29, 0.717) is 21.7 Å². The molecule has 0 saturated carbocycles. The Balaban J connectivity index is 4.23. The second-order valence-corrected chi connectivity index (χ2v) is 17.0. The van der Waals surface area contributed by atoms with Gasteiger partial charge < -0.3 is 13.6 Å². The van der Waals surface area contributed by atoms with E-state index in [4.69, 9.17) is 13.6 Å². The molecule has 7 heteroatoms. The van der Waals surface area contributed by atoms with E-state index in [1.54, 1.807) is 6.92 Å². The quantitative estimate of drug-likeness (QED) is 0.214. The summed E-state index contributed by atoms with van der Waals surface area (Å²) in [5.41, 5.74) is 0.432. The SMILES string of the molecule is C=C(C)C(=O)OCC[Si]C(O[Si](C)(C)C)O[Si](C)(C)C. The van der Waals surface area contributed by atoms with Crippen molar-refractivity contribution < 1.29 is 18.4 Å². The summed E-state index contributed by atoms with van der Waals surface area (Å²) < 4.78 is 17.2. The molecule has 0 fully saturated rings. The average Bonchev–Trinajstić information content (AvgIpc) is 2.18. The van der Waals surface area contributed by atoms with Crippen molar-refractivity contribution in [2.75, 3.05) is 6.61 Å². The van der Waals surface area contributed by atoms with Crippen LogP contribution in [0.25, 0.3) is 0 Å². The number of hydrogen-bond donors (Lipinski definition) is 0. The van der Waals surface area contributed by atoms with Crippen molar-refractivity contribution in [1.29, 1.82) is 0 Å². The molecular formula is C13H28O4Si3. The van der Waals surface area contributed by atoms with Gasteiger partial charge in [0, 0.05) is 5.57 Å². The van der Waals surface area contributed by atoms with E-state index in [0.717, 1.165) is 6.04 Å². The van der Waals surface area contributed by atoms with E-state index in [-0.39, 0.29) is 11.9 Å². The van der Waals surface area contributed by atoms with Crippen molar-refractivity contribution in [1.82, 2.24) is 0 Å². The maximum atomic E-state index is 11.3. The summed E-state index contributed by atoms with van der Waals surface area (Å²) in [5, 5.41) is 0. The van der Waals surface area contributed by atoms with Crippen LogP contribution in [0.15, 0.2) is 12.2 Å². The van der Waals surface area contributed by atoms with Crippen molar-refractivity contribution in [2.24, 2.45) is 0 Å². The van der Waals surface area contributed by atoms with Crippen LogP contribution in [-0.2, 0) is 18.4 Å². The predicted molar refractivity (Wildman–Crippen MR) is 89.0 cm³/mol. The lowest BCUT2D eigenvalue weighted by Gasteiger charge is -2.31. The fourth-order valence-electron chi connectivity index (χ4n) is 1.19. The van der Waals surface area contributed by atoms with Gasteiger partial charge in [-0.25, -0.2) is 4.79 Å². The fourth-order valence-corrected chi connectivity index (χ4v) is 5.91. The monoisotopic (exact) mass is 332 g/mol. The Kier molecular flexibility index (Phi) is 8.19. The standard InChI is InChI=1S/C13H28O4Si3/c1-11(2)12(14)15-9-10-18-13(16-19(3,4)5)17-20(6,7)8/h13H,1,9-10H2,2-8H3. The van der Waals surface area contributed by atoms with E-state index in [9.17, 15) is 4.79 Å². The van der Waals surface area contributed by atoms with Crippen molar-refractivity contribution >= 4 is 32.1 Å². The van der Waals surface area contributed by atoms with Crippen LogP contribution < -0.4 is 0 Å². The second-order valence-electron chi connectivity index (χ2n) is 6.66. The second kappa shape index (κ2) is 8.28. The van der Waals surface area contributed by atoms with Crippen LogP contribution in [0.1, 0.15) is 6.92 Å². The predicted octanol–water partition coefficient (Wildman–Crippen LogP) is 3.21. The third-order valence-electron chi connectivity index (χ3n) is 1.92. The van der Waals surface area contributed by atoms with E-state index < -0.39 is 16.6 Å². The Labute approximate surface area is 128 Å². The van der Waals surface area contributed by atoms with Crippen LogP contribution in [-0.4, -0.2) is 44.6 Å². The van der Waals surface area contributed by atoms with Gasteiger partial charge >= 0.3 is 5.97 Å². The summed E-state index contributed by atoms with van der Waals surface area (Å²) in [7, 11) is -2.79. The molecule has 4 nitrogen and oxygen atoms in total. The van der Waals surface area contributed by atoms with Crippen molar-refractivity contribution in [2.45, 2.75) is 58.2 Å². The topological polar surface area (TPSA) is 44.8 Å². The molecule has 0 aliphatic rings. The average molecular weight is 333 g/mol. The highest BCUT2D eigenvalue weighted by Gasteiger charge is 2.27. The lowest BCUT2D eigenvalue weighted by Crippen LogP contribution is -2.43. The van der Waals surface area contributed by atoms with Gasteiger partial charge in [0.25, 0.3) is 0 Å². The molecule has 0 heterocycles. The zero-order chi connectivity index (χ0) is 16.0. The minimum atomic E-state index is -1.64. The highest BCUT2D eigenvalue weighted by Crippen LogP contribution is 2.14. The maximum Gasteiger partial charge on any atom is 0.333 e. The van der Waals surface area contributed by atoms with Gasteiger partial charge in [0.2, 0.25) is 0 Å². The molecule has 0 amide bonds. The van der Waals surface area contributed by atoms with Crippen molar-refractivity contribution in [3.63, 3.8) is 0 Å². The molecule has 0 bridgehead atoms. The number of esters is 1. The number of ether oxygens (including phenoxy) is 1. The van der Waals surface area contributed by atoms with Crippen molar-refractivity contribution in [3.8, 4) is 0 Å². The Morgan fingerprint density at radius 2 is 1.55 bits per heavy atom. The van der Waals surface area contributed by atoms with E-state index in [1.807, 2.05) is 0 Å². The molecule has 0 aliphatic heterocycles. The van der Waals surface area contributed by atoms with E-state index in [2.05, 4.69) is 45.9 Å². The van der Waals surface area contributed by atoms with E-state index in [1.165, 1.54) is 0 Å². The van der Waals surface area contributed by atoms with Crippen LogP contribution in [0.5, 0.6) is 0 Å². The first-order chi connectivity index (χ1) is 8.91. The minimum Gasteiger partial charge on any atom is -0.463 e. The highest BCUT2D eigenvalue weighted by molar-refractivity contribution is 6.71. The number of rotatable bonds is 9. The molecule has 0 aromatic rings. The maximum absolute atomic E-state index is 11.3. The number of carbonyl (C=O) groups excluding carboxylic acids is 1. The summed E-state index contributed by atoms with van der Waals surface area (Å²) in [5.74, 6) is -0.486. The number of hydrogen-bond acceptors (Lipinski definition) is 4. The lowest BCUT2D eigenvalue weighted by molar-refractivity contribution is -0.138. The van der Waals surface area contributed by atoms with Gasteiger partial charge in [-0.2, -0.15) is 0 Å². The normalized spacial score (nSPS) is 12.6. The Hall–Kier alpha value is -0.219. The summed E-state index contributed by atoms with van der Waals surface area (Å²) in [4.78, 5) is 11.3. The molecular weight excluding hydrogens is 304 g/mol. The molecule has 0 N–H and O–H groups in total. The molecule has 0 aromatic heterocycles. The molecule has 0 saturated heterocycles. The van der Waals surface area contributed by atoms with Crippen LogP contribution in [0.2, 0.25) is 45.3 Å². The van der Waals surface area contributed by atoms with Crippen molar-refractivity contribution in [3.05, 3.63) is 12.2 Å². The van der Waals surface area contributed by atoms with Gasteiger partial charge in [0.15, 0.2) is 16.6 Å². The van der Waals surface area contributed by atoms with Crippen LogP contribution in [0, 0.1) is 0 Å². The first kappa shape index (κ1) is 19.8. The summed E-state index contributed by atoms with van der Waals surface area (Å²) >= 11 is 0. The Morgan fingerprint density at radius 1 is 1.10 bits per heavy atom. The van der Waals surface area contributed by atoms with Gasteiger partial charge in [-0.15, -0.1) is 0 Å². The first-order valence-corrected chi connectivity index (χ1v) is 14.9. The van der Waals surface area contributed by atoms with Crippen LogP contribution in [0.3, 0.4) is 0 Å². The molecule has 0 aromatic carbocycles. The first-order valence-electron chi connectivity index (χ1n) is 6.82. The molecule has 0 aliphatic carbocycles. The van der Waals surface area contributed by atoms with Crippen LogP contribution >= 0.6 is 0 Å². The largest absolute Gasteiger partial charge is 0.463 e. The number of carbonyl (C=O) groups is 1. The van der Waals surface area contributed by atoms with Gasteiger partial charge in [-0.3, -0.25) is 0 Å². The third kappa shape index (κ3) is 11.6. The molecule has 20 heavy (non-hydrogen) atoms. The van der Waals surface area contributed by atoms with Gasteiger partial charge in [0.1, 0.15) is 15.4 Å². The zero-order valence-corrected chi connectivity index (χ0v) is 16.8. The molecule has 0 unspecified atom stereocenters. The molecule has 0 rings (SSSR count). The summed E-state index contributed by atoms with van der Waals surface area (Å²) in [6.45, 7) is 18.5. The van der Waals surface area contributed by atoms with Crippen LogP contribution in [0.4, 0.5) is 0 Å². The smallest absolute Gasteiger partial charge is 0.333 e. The van der Waals surface area contributed by atoms with E-state index >= 15 is 0 Å². The third-order valence-corrected chi connectivity index (χ3v) is 5.29. The lowest BCUT2D eigenvalue weighted by atomic mass is 10.4. The Bertz CT molecular complexity index is 315. The van der Waals surface area contributed by atoms with Gasteiger partial charge in [-0.05, 0) is 52.2 Å². The summed E-state index contributed by atoms with van der Waals surface area (Å²) in [6, 6.07) is 0.763. The molecule has 0 spiro atoms. The highest BCUT2D eigenvalue weighted by atomic mass is 28.4. The molecule has 116 valence electrons. The zero-order valence-electron chi connectivity index (χ0n) is 13.8. The van der Waals surface area contributed by atoms with Gasteiger partial charge in [0.05, 0.1) is 6.61 Å². The minimum absolute atomic E-state index is 0.156. The Morgan fingerprint density at radius 3 is 1.90 bits per heavy atom.